The lowest BCUT2D eigenvalue weighted by Crippen LogP contribution is -2.57. The van der Waals surface area contributed by atoms with Gasteiger partial charge >= 0.3 is 0 Å². The first-order valence-corrected chi connectivity index (χ1v) is 7.79. The van der Waals surface area contributed by atoms with E-state index in [4.69, 9.17) is 16.0 Å². The molecule has 0 atom stereocenters. The predicted octanol–water partition coefficient (Wildman–Crippen LogP) is 3.18. The van der Waals surface area contributed by atoms with Crippen molar-refractivity contribution in [1.82, 2.24) is 15.2 Å². The van der Waals surface area contributed by atoms with Gasteiger partial charge in [0.1, 0.15) is 6.26 Å². The van der Waals surface area contributed by atoms with Gasteiger partial charge in [0.15, 0.2) is 0 Å². The third-order valence-corrected chi connectivity index (χ3v) is 4.01. The second-order valence-electron chi connectivity index (χ2n) is 5.44. The Morgan fingerprint density at radius 2 is 2.29 bits per heavy atom. The fourth-order valence-corrected chi connectivity index (χ4v) is 2.74. The molecule has 2 heterocycles. The molecule has 0 radical (unpaired) electrons. The third kappa shape index (κ3) is 3.46. The summed E-state index contributed by atoms with van der Waals surface area (Å²) in [5.41, 5.74) is 1.89. The van der Waals surface area contributed by atoms with Gasteiger partial charge in [-0.25, -0.2) is 4.98 Å². The van der Waals surface area contributed by atoms with Crippen molar-refractivity contribution in [3.63, 3.8) is 0 Å². The highest BCUT2D eigenvalue weighted by Gasteiger charge is 2.24. The lowest BCUT2D eigenvalue weighted by Gasteiger charge is -2.37. The second kappa shape index (κ2) is 6.60. The molecular weight excluding hydrogens is 286 g/mol. The minimum absolute atomic E-state index is 0.622. The summed E-state index contributed by atoms with van der Waals surface area (Å²) in [6.45, 7) is 6.27. The summed E-state index contributed by atoms with van der Waals surface area (Å²) < 4.78 is 5.60. The van der Waals surface area contributed by atoms with Gasteiger partial charge in [-0.3, -0.25) is 4.90 Å². The van der Waals surface area contributed by atoms with E-state index in [0.29, 0.717) is 17.0 Å². The molecule has 4 nitrogen and oxygen atoms in total. The molecule has 2 aromatic rings. The topological polar surface area (TPSA) is 41.3 Å². The van der Waals surface area contributed by atoms with Crippen LogP contribution < -0.4 is 5.32 Å². The molecule has 1 N–H and O–H groups in total. The van der Waals surface area contributed by atoms with Crippen molar-refractivity contribution < 1.29 is 4.42 Å². The Hall–Kier alpha value is -1.36. The lowest BCUT2D eigenvalue weighted by molar-refractivity contribution is 0.136. The van der Waals surface area contributed by atoms with Crippen molar-refractivity contribution in [3.8, 4) is 11.5 Å². The summed E-state index contributed by atoms with van der Waals surface area (Å²) in [7, 11) is 0. The van der Waals surface area contributed by atoms with Gasteiger partial charge in [0.25, 0.3) is 0 Å². The van der Waals surface area contributed by atoms with Gasteiger partial charge in [-0.05, 0) is 31.2 Å². The van der Waals surface area contributed by atoms with Crippen LogP contribution in [0.25, 0.3) is 11.5 Å². The molecule has 1 fully saturated rings. The molecule has 0 unspecified atom stereocenters. The van der Waals surface area contributed by atoms with E-state index < -0.39 is 0 Å². The molecule has 3 rings (SSSR count). The van der Waals surface area contributed by atoms with E-state index in [-0.39, 0.29) is 0 Å². The van der Waals surface area contributed by atoms with Gasteiger partial charge in [-0.15, -0.1) is 0 Å². The number of rotatable bonds is 6. The number of hydrogen-bond donors (Lipinski definition) is 1. The Balaban J connectivity index is 1.71. The SMILES string of the molecule is CCCN(Cc1coc(-c2cccc(Cl)c2)n1)C1CNC1. The first kappa shape index (κ1) is 14.6. The highest BCUT2D eigenvalue weighted by Crippen LogP contribution is 2.23. The van der Waals surface area contributed by atoms with Crippen LogP contribution in [-0.2, 0) is 6.54 Å². The fraction of sp³-hybridized carbons (Fsp3) is 0.438. The molecule has 1 aliphatic heterocycles. The second-order valence-corrected chi connectivity index (χ2v) is 5.87. The minimum atomic E-state index is 0.622. The molecule has 0 amide bonds. The molecule has 0 spiro atoms. The largest absolute Gasteiger partial charge is 0.444 e. The summed E-state index contributed by atoms with van der Waals surface area (Å²) in [6.07, 6.45) is 2.90. The van der Waals surface area contributed by atoms with Crippen molar-refractivity contribution in [3.05, 3.63) is 41.2 Å². The molecule has 1 aromatic carbocycles. The number of aromatic nitrogens is 1. The van der Waals surface area contributed by atoms with Crippen LogP contribution in [0, 0.1) is 0 Å². The summed E-state index contributed by atoms with van der Waals surface area (Å²) in [4.78, 5) is 7.07. The average Bonchev–Trinajstić information content (AvgIpc) is 2.85. The van der Waals surface area contributed by atoms with Gasteiger partial charge in [0, 0.05) is 36.3 Å². The Morgan fingerprint density at radius 3 is 2.95 bits per heavy atom. The number of oxazole rings is 1. The molecule has 1 aliphatic rings. The molecular formula is C16H20ClN3O. The number of benzene rings is 1. The molecule has 0 saturated carbocycles. The predicted molar refractivity (Wildman–Crippen MR) is 84.3 cm³/mol. The van der Waals surface area contributed by atoms with E-state index in [2.05, 4.69) is 22.1 Å². The average molecular weight is 306 g/mol. The van der Waals surface area contributed by atoms with Crippen LogP contribution in [0.4, 0.5) is 0 Å². The van der Waals surface area contributed by atoms with Crippen molar-refractivity contribution in [2.24, 2.45) is 0 Å². The van der Waals surface area contributed by atoms with Crippen molar-refractivity contribution in [2.75, 3.05) is 19.6 Å². The zero-order valence-corrected chi connectivity index (χ0v) is 12.9. The smallest absolute Gasteiger partial charge is 0.226 e. The highest BCUT2D eigenvalue weighted by atomic mass is 35.5. The number of hydrogen-bond acceptors (Lipinski definition) is 4. The molecule has 5 heteroatoms. The molecule has 1 aromatic heterocycles. The monoisotopic (exact) mass is 305 g/mol. The highest BCUT2D eigenvalue weighted by molar-refractivity contribution is 6.30. The maximum Gasteiger partial charge on any atom is 0.226 e. The molecule has 0 bridgehead atoms. The van der Waals surface area contributed by atoms with Crippen LogP contribution in [0.5, 0.6) is 0 Å². The zero-order chi connectivity index (χ0) is 14.7. The van der Waals surface area contributed by atoms with Gasteiger partial charge < -0.3 is 9.73 Å². The first-order valence-electron chi connectivity index (χ1n) is 7.41. The Bertz CT molecular complexity index is 595. The number of nitrogens with one attached hydrogen (secondary N) is 1. The van der Waals surface area contributed by atoms with Gasteiger partial charge in [0.05, 0.1) is 5.69 Å². The van der Waals surface area contributed by atoms with E-state index >= 15 is 0 Å². The summed E-state index contributed by atoms with van der Waals surface area (Å²) >= 11 is 6.01. The Labute approximate surface area is 130 Å². The molecule has 0 aliphatic carbocycles. The first-order chi connectivity index (χ1) is 10.3. The molecule has 21 heavy (non-hydrogen) atoms. The number of halogens is 1. The molecule has 1 saturated heterocycles. The van der Waals surface area contributed by atoms with Crippen LogP contribution in [0.15, 0.2) is 34.9 Å². The van der Waals surface area contributed by atoms with Crippen LogP contribution >= 0.6 is 11.6 Å². The van der Waals surface area contributed by atoms with Crippen molar-refractivity contribution >= 4 is 11.6 Å². The summed E-state index contributed by atoms with van der Waals surface area (Å²) in [6, 6.07) is 8.21. The van der Waals surface area contributed by atoms with E-state index in [1.807, 2.05) is 24.3 Å². The van der Waals surface area contributed by atoms with Crippen LogP contribution in [0.3, 0.4) is 0 Å². The van der Waals surface area contributed by atoms with Gasteiger partial charge in [-0.1, -0.05) is 24.6 Å². The van der Waals surface area contributed by atoms with Crippen LogP contribution in [0.1, 0.15) is 19.0 Å². The minimum Gasteiger partial charge on any atom is -0.444 e. The molecule has 112 valence electrons. The maximum absolute atomic E-state index is 6.01. The maximum atomic E-state index is 6.01. The van der Waals surface area contributed by atoms with Crippen LogP contribution in [-0.4, -0.2) is 35.6 Å². The number of nitrogens with zero attached hydrogens (tertiary/aromatic N) is 2. The fourth-order valence-electron chi connectivity index (χ4n) is 2.55. The Kier molecular flexibility index (Phi) is 4.58. The van der Waals surface area contributed by atoms with E-state index in [9.17, 15) is 0 Å². The normalized spacial score (nSPS) is 15.4. The van der Waals surface area contributed by atoms with E-state index in [1.54, 1.807) is 6.26 Å². The lowest BCUT2D eigenvalue weighted by atomic mass is 10.1. The third-order valence-electron chi connectivity index (χ3n) is 3.78. The van der Waals surface area contributed by atoms with E-state index in [1.165, 1.54) is 0 Å². The van der Waals surface area contributed by atoms with Crippen LogP contribution in [0.2, 0.25) is 5.02 Å². The summed E-state index contributed by atoms with van der Waals surface area (Å²) in [5, 5.41) is 4.02. The Morgan fingerprint density at radius 1 is 1.43 bits per heavy atom. The summed E-state index contributed by atoms with van der Waals surface area (Å²) in [5.74, 6) is 0.635. The van der Waals surface area contributed by atoms with Crippen molar-refractivity contribution in [1.29, 1.82) is 0 Å². The van der Waals surface area contributed by atoms with Gasteiger partial charge in [-0.2, -0.15) is 0 Å². The van der Waals surface area contributed by atoms with E-state index in [0.717, 1.165) is 43.9 Å². The standard InChI is InChI=1S/C16H20ClN3O/c1-2-6-20(15-8-18-9-15)10-14-11-21-16(19-14)12-4-3-5-13(17)7-12/h3-5,7,11,15,18H,2,6,8-10H2,1H3. The zero-order valence-electron chi connectivity index (χ0n) is 12.2. The quantitative estimate of drug-likeness (QED) is 0.890. The van der Waals surface area contributed by atoms with Crippen molar-refractivity contribution in [2.45, 2.75) is 25.9 Å². The van der Waals surface area contributed by atoms with Gasteiger partial charge in [0.2, 0.25) is 5.89 Å².